The summed E-state index contributed by atoms with van der Waals surface area (Å²) in [7, 11) is 7.53. The lowest BCUT2D eigenvalue weighted by Gasteiger charge is -2.26. The minimum absolute atomic E-state index is 0.851. The molecule has 0 bridgehead atoms. The lowest BCUT2D eigenvalue weighted by atomic mass is 10.0. The predicted molar refractivity (Wildman–Crippen MR) is 330 cm³/mol. The first-order valence-corrected chi connectivity index (χ1v) is 26.2. The minimum Gasteiger partial charge on any atom is -0.497 e. The Morgan fingerprint density at radius 1 is 0.218 bits per heavy atom. The van der Waals surface area contributed by atoms with E-state index in [-0.39, 0.29) is 0 Å². The Balaban J connectivity index is 0.000000165. The second-order valence-corrected chi connectivity index (χ2v) is 19.1. The summed E-state index contributed by atoms with van der Waals surface area (Å²) in [6, 6.07) is 103. The van der Waals surface area contributed by atoms with Gasteiger partial charge in [0, 0.05) is 77.0 Å². The van der Waals surface area contributed by atoms with Crippen molar-refractivity contribution >= 4 is 78.4 Å². The van der Waals surface area contributed by atoms with Crippen LogP contribution in [0.2, 0.25) is 0 Å². The zero-order chi connectivity index (χ0) is 53.2. The summed E-state index contributed by atoms with van der Waals surface area (Å²) in [5.74, 6) is 1.71. The van der Waals surface area contributed by atoms with Crippen molar-refractivity contribution in [1.29, 1.82) is 0 Å². The number of nitrogens with zero attached hydrogens (tertiary/aromatic N) is 4. The lowest BCUT2D eigenvalue weighted by Crippen LogP contribution is -2.09. The summed E-state index contributed by atoms with van der Waals surface area (Å²) in [6.45, 7) is 0. The van der Waals surface area contributed by atoms with Crippen LogP contribution in [0.3, 0.4) is 0 Å². The quantitative estimate of drug-likeness (QED) is 0.108. The first kappa shape index (κ1) is 50.1. The molecule has 12 rings (SSSR count). The van der Waals surface area contributed by atoms with E-state index in [1.807, 2.05) is 30.3 Å². The fraction of sp³-hybridized carbons (Fsp3) is 0.0556. The van der Waals surface area contributed by atoms with Gasteiger partial charge in [0.05, 0.1) is 14.2 Å². The maximum atomic E-state index is 5.39. The van der Waals surface area contributed by atoms with Crippen LogP contribution in [-0.2, 0) is 0 Å². The van der Waals surface area contributed by atoms with E-state index >= 15 is 0 Å². The van der Waals surface area contributed by atoms with Gasteiger partial charge in [0.15, 0.2) is 0 Å². The molecule has 0 saturated heterocycles. The van der Waals surface area contributed by atoms with Gasteiger partial charge in [0.2, 0.25) is 0 Å². The molecule has 0 fully saturated rings. The smallest absolute Gasteiger partial charge is 0.120 e. The molecule has 0 unspecified atom stereocenters. The predicted octanol–water partition coefficient (Wildman–Crippen LogP) is 19.5. The van der Waals surface area contributed by atoms with Crippen molar-refractivity contribution in [3.63, 3.8) is 0 Å². The summed E-state index contributed by atoms with van der Waals surface area (Å²) in [4.78, 5) is 8.95. The van der Waals surface area contributed by atoms with E-state index in [1.54, 1.807) is 14.2 Å². The Labute approximate surface area is 458 Å². The molecule has 12 aromatic rings. The maximum absolute atomic E-state index is 5.39. The van der Waals surface area contributed by atoms with E-state index in [4.69, 9.17) is 9.47 Å². The zero-order valence-corrected chi connectivity index (χ0v) is 44.3. The normalized spacial score (nSPS) is 10.8. The topological polar surface area (TPSA) is 31.4 Å². The largest absolute Gasteiger partial charge is 0.497 e. The van der Waals surface area contributed by atoms with Crippen molar-refractivity contribution < 1.29 is 9.47 Å². The van der Waals surface area contributed by atoms with Crippen LogP contribution in [0.25, 0.3) is 43.8 Å². The number of hydrogen-bond donors (Lipinski definition) is 0. The van der Waals surface area contributed by atoms with E-state index in [2.05, 4.69) is 295 Å². The standard InChI is InChI=1S/2C36H30N2O/c1-37(34-13-8-14-36(26-34)39-2)31-20-15-28(16-21-31)29-17-22-33(23-18-29)38(32-11-4-3-5-12-32)35-24-19-27-9-6-7-10-30(27)25-35;1-37(32-22-24-36(39-2)25-23-32)31-17-12-28(13-18-31)29-14-19-34(20-15-29)38(33-10-4-3-5-11-33)35-21-16-27-8-6-7-9-30(27)26-35/h2*3-26H,1-2H3. The molecule has 0 aliphatic rings. The van der Waals surface area contributed by atoms with Gasteiger partial charge in [-0.25, -0.2) is 0 Å². The lowest BCUT2D eigenvalue weighted by molar-refractivity contribution is 0.415. The molecule has 0 aliphatic heterocycles. The SMILES string of the molecule is COc1ccc(N(C)c2ccc(-c3ccc(N(c4ccccc4)c4ccc5ccccc5c4)cc3)cc2)cc1.COc1cccc(N(C)c2ccc(-c3ccc(N(c4ccccc4)c4ccc5ccccc5c4)cc3)cc2)c1. The summed E-state index contributed by atoms with van der Waals surface area (Å²) in [6.07, 6.45) is 0. The number of benzene rings is 12. The van der Waals surface area contributed by atoms with Crippen LogP contribution >= 0.6 is 0 Å². The molecule has 0 aliphatic carbocycles. The van der Waals surface area contributed by atoms with Crippen molar-refractivity contribution in [2.75, 3.05) is 47.9 Å². The van der Waals surface area contributed by atoms with Gasteiger partial charge in [-0.15, -0.1) is 0 Å². The van der Waals surface area contributed by atoms with Crippen molar-refractivity contribution in [2.24, 2.45) is 0 Å². The van der Waals surface area contributed by atoms with E-state index in [9.17, 15) is 0 Å². The molecule has 0 spiro atoms. The molecule has 0 amide bonds. The molecule has 78 heavy (non-hydrogen) atoms. The molecule has 6 heteroatoms. The Kier molecular flexibility index (Phi) is 14.9. The number of rotatable bonds is 14. The Morgan fingerprint density at radius 3 is 0.923 bits per heavy atom. The molecule has 0 saturated carbocycles. The van der Waals surface area contributed by atoms with E-state index in [1.165, 1.54) is 43.8 Å². The van der Waals surface area contributed by atoms with Crippen molar-refractivity contribution in [3.8, 4) is 33.8 Å². The van der Waals surface area contributed by atoms with Gasteiger partial charge in [-0.2, -0.15) is 0 Å². The van der Waals surface area contributed by atoms with Crippen molar-refractivity contribution in [2.45, 2.75) is 0 Å². The highest BCUT2D eigenvalue weighted by atomic mass is 16.5. The van der Waals surface area contributed by atoms with Gasteiger partial charge < -0.3 is 29.1 Å². The van der Waals surface area contributed by atoms with E-state index < -0.39 is 0 Å². The third-order valence-corrected chi connectivity index (χ3v) is 14.3. The van der Waals surface area contributed by atoms with Crippen LogP contribution < -0.4 is 29.1 Å². The maximum Gasteiger partial charge on any atom is 0.120 e. The molecular weight excluding hydrogens is 953 g/mol. The second-order valence-electron chi connectivity index (χ2n) is 19.1. The molecule has 0 aromatic heterocycles. The van der Waals surface area contributed by atoms with Crippen molar-refractivity contribution in [3.05, 3.63) is 291 Å². The Morgan fingerprint density at radius 2 is 0.526 bits per heavy atom. The van der Waals surface area contributed by atoms with E-state index in [0.29, 0.717) is 0 Å². The molecule has 0 N–H and O–H groups in total. The molecule has 6 nitrogen and oxygen atoms in total. The second kappa shape index (κ2) is 23.2. The summed E-state index contributed by atoms with van der Waals surface area (Å²) < 4.78 is 10.7. The fourth-order valence-corrected chi connectivity index (χ4v) is 9.96. The fourth-order valence-electron chi connectivity index (χ4n) is 9.96. The molecular formula is C72H60N4O2. The Bertz CT molecular complexity index is 3890. The van der Waals surface area contributed by atoms with Crippen LogP contribution in [0.5, 0.6) is 11.5 Å². The van der Waals surface area contributed by atoms with Crippen molar-refractivity contribution in [1.82, 2.24) is 0 Å². The Hall–Kier alpha value is -10.0. The highest BCUT2D eigenvalue weighted by Crippen LogP contribution is 2.40. The molecule has 380 valence electrons. The third-order valence-electron chi connectivity index (χ3n) is 14.3. The number of anilines is 10. The molecule has 0 atom stereocenters. The van der Waals surface area contributed by atoms with Gasteiger partial charge in [0.1, 0.15) is 11.5 Å². The minimum atomic E-state index is 0.851. The van der Waals surface area contributed by atoms with Gasteiger partial charge in [-0.1, -0.05) is 152 Å². The summed E-state index contributed by atoms with van der Waals surface area (Å²) in [5, 5.41) is 4.94. The van der Waals surface area contributed by atoms with Crippen LogP contribution in [0.4, 0.5) is 56.9 Å². The average Bonchev–Trinajstić information content (AvgIpc) is 3.57. The molecule has 12 aromatic carbocycles. The highest BCUT2D eigenvalue weighted by Gasteiger charge is 2.16. The summed E-state index contributed by atoms with van der Waals surface area (Å²) in [5.41, 5.74) is 16.0. The number of hydrogen-bond acceptors (Lipinski definition) is 6. The summed E-state index contributed by atoms with van der Waals surface area (Å²) >= 11 is 0. The number of ether oxygens (including phenoxy) is 2. The van der Waals surface area contributed by atoms with Gasteiger partial charge in [-0.3, -0.25) is 0 Å². The van der Waals surface area contributed by atoms with Gasteiger partial charge in [0.25, 0.3) is 0 Å². The number of para-hydroxylation sites is 2. The zero-order valence-electron chi connectivity index (χ0n) is 44.3. The molecule has 0 radical (unpaired) electrons. The van der Waals surface area contributed by atoms with Gasteiger partial charge in [-0.05, 0) is 177 Å². The number of fused-ring (bicyclic) bond motifs is 2. The number of methoxy groups -OCH3 is 2. The first-order chi connectivity index (χ1) is 38.4. The highest BCUT2D eigenvalue weighted by molar-refractivity contribution is 5.91. The van der Waals surface area contributed by atoms with Crippen LogP contribution in [0, 0.1) is 0 Å². The van der Waals surface area contributed by atoms with E-state index in [0.717, 1.165) is 68.4 Å². The van der Waals surface area contributed by atoms with Crippen LogP contribution in [-0.4, -0.2) is 28.3 Å². The first-order valence-electron chi connectivity index (χ1n) is 26.2. The van der Waals surface area contributed by atoms with Crippen LogP contribution in [0.15, 0.2) is 291 Å². The van der Waals surface area contributed by atoms with Crippen LogP contribution in [0.1, 0.15) is 0 Å². The van der Waals surface area contributed by atoms with Gasteiger partial charge >= 0.3 is 0 Å². The molecule has 0 heterocycles. The monoisotopic (exact) mass is 1010 g/mol. The average molecular weight is 1010 g/mol. The third kappa shape index (κ3) is 11.2.